The third-order valence-corrected chi connectivity index (χ3v) is 6.64. The molecule has 2 N–H and O–H groups in total. The van der Waals surface area contributed by atoms with E-state index < -0.39 is 30.0 Å². The van der Waals surface area contributed by atoms with Gasteiger partial charge in [0.05, 0.1) is 36.3 Å². The van der Waals surface area contributed by atoms with E-state index in [0.29, 0.717) is 31.1 Å². The van der Waals surface area contributed by atoms with Crippen LogP contribution in [0, 0.1) is 29.6 Å². The van der Waals surface area contributed by atoms with Crippen molar-refractivity contribution in [3.05, 3.63) is 35.9 Å². The zero-order valence-electron chi connectivity index (χ0n) is 17.5. The quantitative estimate of drug-likeness (QED) is 0.567. The van der Waals surface area contributed by atoms with Gasteiger partial charge in [-0.05, 0) is 24.3 Å². The lowest BCUT2D eigenvalue weighted by atomic mass is 9.60. The van der Waals surface area contributed by atoms with E-state index in [-0.39, 0.29) is 30.7 Å². The minimum atomic E-state index is -1.06. The number of imide groups is 1. The van der Waals surface area contributed by atoms with Crippen LogP contribution in [-0.4, -0.2) is 51.5 Å². The summed E-state index contributed by atoms with van der Waals surface area (Å²) in [6.07, 6.45) is -0.614. The highest BCUT2D eigenvalue weighted by atomic mass is 16.6. The van der Waals surface area contributed by atoms with Crippen LogP contribution in [0.2, 0.25) is 0 Å². The summed E-state index contributed by atoms with van der Waals surface area (Å²) in [4.78, 5) is 33.2. The molecule has 7 nitrogen and oxygen atoms in total. The van der Waals surface area contributed by atoms with E-state index in [1.807, 2.05) is 44.2 Å². The average molecular weight is 415 g/mol. The Bertz CT molecular complexity index is 824. The van der Waals surface area contributed by atoms with Gasteiger partial charge in [-0.25, -0.2) is 0 Å². The van der Waals surface area contributed by atoms with Crippen molar-refractivity contribution in [3.8, 4) is 0 Å². The number of benzene rings is 1. The highest BCUT2D eigenvalue weighted by Gasteiger charge is 2.59. The molecule has 1 aliphatic heterocycles. The molecule has 3 aliphatic rings. The summed E-state index contributed by atoms with van der Waals surface area (Å²) < 4.78 is 0. The molecule has 0 spiro atoms. The lowest BCUT2D eigenvalue weighted by Crippen LogP contribution is -2.54. The Kier molecular flexibility index (Phi) is 5.93. The molecule has 1 saturated heterocycles. The van der Waals surface area contributed by atoms with Crippen molar-refractivity contribution in [2.75, 3.05) is 6.61 Å². The molecule has 162 valence electrons. The predicted molar refractivity (Wildman–Crippen MR) is 110 cm³/mol. The van der Waals surface area contributed by atoms with Gasteiger partial charge in [0.25, 0.3) is 0 Å². The molecule has 2 amide bonds. The van der Waals surface area contributed by atoms with Crippen LogP contribution in [0.25, 0.3) is 0 Å². The summed E-state index contributed by atoms with van der Waals surface area (Å²) in [6, 6.07) is 9.43. The average Bonchev–Trinajstić information content (AvgIpc) is 2.96. The first-order valence-corrected chi connectivity index (χ1v) is 10.8. The fraction of sp³-hybridized carbons (Fsp3) is 0.609. The van der Waals surface area contributed by atoms with Gasteiger partial charge in [-0.1, -0.05) is 49.3 Å². The summed E-state index contributed by atoms with van der Waals surface area (Å²) >= 11 is 0. The Morgan fingerprint density at radius 1 is 1.10 bits per heavy atom. The summed E-state index contributed by atoms with van der Waals surface area (Å²) in [6.45, 7) is 4.75. The van der Waals surface area contributed by atoms with Crippen molar-refractivity contribution in [1.29, 1.82) is 0 Å². The van der Waals surface area contributed by atoms with Gasteiger partial charge in [0.15, 0.2) is 0 Å². The first-order valence-electron chi connectivity index (χ1n) is 10.8. The third-order valence-electron chi connectivity index (χ3n) is 6.64. The van der Waals surface area contributed by atoms with Crippen molar-refractivity contribution in [2.24, 2.45) is 34.7 Å². The Morgan fingerprint density at radius 3 is 2.50 bits per heavy atom. The maximum Gasteiger partial charge on any atom is 0.233 e. The fourth-order valence-corrected chi connectivity index (χ4v) is 5.23. The Labute approximate surface area is 176 Å². The number of hydrogen-bond donors (Lipinski definition) is 2. The molecular weight excluding hydrogens is 384 g/mol. The minimum Gasteiger partial charge on any atom is -0.396 e. The highest BCUT2D eigenvalue weighted by molar-refractivity contribution is 6.06. The molecule has 0 aromatic heterocycles. The zero-order valence-corrected chi connectivity index (χ0v) is 17.5. The second-order valence-electron chi connectivity index (χ2n) is 9.18. The zero-order chi connectivity index (χ0) is 21.4. The number of oxime groups is 1. The second kappa shape index (κ2) is 8.47. The molecule has 1 aromatic carbocycles. The molecule has 2 aliphatic carbocycles. The number of aliphatic hydroxyl groups excluding tert-OH is 2. The lowest BCUT2D eigenvalue weighted by molar-refractivity contribution is -0.142. The van der Waals surface area contributed by atoms with Gasteiger partial charge in [0, 0.05) is 18.3 Å². The highest BCUT2D eigenvalue weighted by Crippen LogP contribution is 2.49. The Hall–Kier alpha value is -2.25. The van der Waals surface area contributed by atoms with Crippen LogP contribution >= 0.6 is 0 Å². The molecule has 0 bridgehead atoms. The van der Waals surface area contributed by atoms with Crippen LogP contribution in [0.15, 0.2) is 35.5 Å². The van der Waals surface area contributed by atoms with Crippen LogP contribution in [0.3, 0.4) is 0 Å². The van der Waals surface area contributed by atoms with E-state index in [4.69, 9.17) is 4.84 Å². The van der Waals surface area contributed by atoms with Crippen molar-refractivity contribution in [2.45, 2.75) is 51.9 Å². The van der Waals surface area contributed by atoms with E-state index in [2.05, 4.69) is 5.16 Å². The van der Waals surface area contributed by atoms with Crippen LogP contribution in [-0.2, 0) is 21.0 Å². The van der Waals surface area contributed by atoms with Crippen LogP contribution in [0.1, 0.15) is 38.7 Å². The molecule has 1 heterocycles. The van der Waals surface area contributed by atoms with Gasteiger partial charge in [0.1, 0.15) is 6.61 Å². The van der Waals surface area contributed by atoms with Crippen molar-refractivity contribution in [1.82, 2.24) is 4.90 Å². The van der Waals surface area contributed by atoms with Crippen LogP contribution < -0.4 is 0 Å². The van der Waals surface area contributed by atoms with E-state index >= 15 is 0 Å². The van der Waals surface area contributed by atoms with Gasteiger partial charge < -0.3 is 15.1 Å². The molecule has 0 radical (unpaired) electrons. The summed E-state index contributed by atoms with van der Waals surface area (Å²) in [5, 5.41) is 25.5. The largest absolute Gasteiger partial charge is 0.396 e. The SMILES string of the molecule is CC(C)CON=C1C[C@@H](O)[C@@H](O)[C@@H]2[C@@H]3C(=O)N(Cc4ccccc4)C(=O)[C@@H]3CC[C@H]12. The van der Waals surface area contributed by atoms with Gasteiger partial charge >= 0.3 is 0 Å². The first kappa shape index (κ1) is 21.0. The molecule has 6 atom stereocenters. The monoisotopic (exact) mass is 414 g/mol. The van der Waals surface area contributed by atoms with Gasteiger partial charge in [-0.15, -0.1) is 0 Å². The molecular formula is C23H30N2O5. The number of carbonyl (C=O) groups excluding carboxylic acids is 2. The number of nitrogens with zero attached hydrogens (tertiary/aromatic N) is 2. The summed E-state index contributed by atoms with van der Waals surface area (Å²) in [5.41, 5.74) is 1.58. The molecule has 4 rings (SSSR count). The molecule has 7 heteroatoms. The van der Waals surface area contributed by atoms with Crippen molar-refractivity contribution in [3.63, 3.8) is 0 Å². The van der Waals surface area contributed by atoms with E-state index in [9.17, 15) is 19.8 Å². The normalized spacial score (nSPS) is 35.0. The predicted octanol–water partition coefficient (Wildman–Crippen LogP) is 1.97. The topological polar surface area (TPSA) is 99.4 Å². The Balaban J connectivity index is 1.59. The second-order valence-corrected chi connectivity index (χ2v) is 9.18. The third kappa shape index (κ3) is 3.76. The smallest absolute Gasteiger partial charge is 0.233 e. The maximum absolute atomic E-state index is 13.3. The van der Waals surface area contributed by atoms with Gasteiger partial charge in [-0.3, -0.25) is 14.5 Å². The van der Waals surface area contributed by atoms with E-state index in [0.717, 1.165) is 5.56 Å². The molecule has 2 saturated carbocycles. The number of fused-ring (bicyclic) bond motifs is 3. The molecule has 30 heavy (non-hydrogen) atoms. The molecule has 3 fully saturated rings. The Morgan fingerprint density at radius 2 is 1.80 bits per heavy atom. The first-order chi connectivity index (χ1) is 14.4. The fourth-order valence-electron chi connectivity index (χ4n) is 5.23. The van der Waals surface area contributed by atoms with E-state index in [1.165, 1.54) is 4.90 Å². The van der Waals surface area contributed by atoms with Crippen LogP contribution in [0.5, 0.6) is 0 Å². The number of carbonyl (C=O) groups is 2. The summed E-state index contributed by atoms with van der Waals surface area (Å²) in [7, 11) is 0. The number of aliphatic hydroxyl groups is 2. The minimum absolute atomic E-state index is 0.162. The number of amides is 2. The number of hydrogen-bond acceptors (Lipinski definition) is 6. The lowest BCUT2D eigenvalue weighted by Gasteiger charge is -2.45. The van der Waals surface area contributed by atoms with Crippen molar-refractivity contribution >= 4 is 17.5 Å². The number of rotatable bonds is 5. The van der Waals surface area contributed by atoms with E-state index in [1.54, 1.807) is 0 Å². The maximum atomic E-state index is 13.3. The summed E-state index contributed by atoms with van der Waals surface area (Å²) in [5.74, 6) is -1.86. The molecule has 1 aromatic rings. The molecule has 0 unspecified atom stereocenters. The van der Waals surface area contributed by atoms with Crippen LogP contribution in [0.4, 0.5) is 0 Å². The number of likely N-dealkylation sites (tertiary alicyclic amines) is 1. The van der Waals surface area contributed by atoms with Gasteiger partial charge in [0.2, 0.25) is 11.8 Å². The standard InChI is InChI=1S/C23H30N2O5/c1-13(2)12-30-24-17-10-18(26)21(27)19-15(17)8-9-16-20(19)23(29)25(22(16)28)11-14-6-4-3-5-7-14/h3-7,13,15-16,18-21,26-27H,8-12H2,1-2H3/t15-,16-,18-,19+,20-,21-/m1/s1. The van der Waals surface area contributed by atoms with Crippen molar-refractivity contribution < 1.29 is 24.6 Å². The van der Waals surface area contributed by atoms with Gasteiger partial charge in [-0.2, -0.15) is 0 Å².